The zero-order chi connectivity index (χ0) is 24.9. The molecule has 3 aromatic rings. The van der Waals surface area contributed by atoms with Gasteiger partial charge in [0.05, 0.1) is 17.9 Å². The molecule has 1 heterocycles. The summed E-state index contributed by atoms with van der Waals surface area (Å²) in [6.45, 7) is 0.419. The van der Waals surface area contributed by atoms with E-state index >= 15 is 0 Å². The lowest BCUT2D eigenvalue weighted by Crippen LogP contribution is -2.38. The third-order valence-corrected chi connectivity index (χ3v) is 7.09. The van der Waals surface area contributed by atoms with Gasteiger partial charge in [-0.25, -0.2) is 4.99 Å². The molecule has 36 heavy (non-hydrogen) atoms. The van der Waals surface area contributed by atoms with Crippen molar-refractivity contribution in [2.75, 3.05) is 4.90 Å². The van der Waals surface area contributed by atoms with E-state index in [1.54, 1.807) is 0 Å². The Bertz CT molecular complexity index is 1270. The van der Waals surface area contributed by atoms with Gasteiger partial charge in [0.15, 0.2) is 5.96 Å². The number of para-hydroxylation sites is 1. The molecule has 3 aromatic carbocycles. The Kier molecular flexibility index (Phi) is 7.12. The molecule has 1 aliphatic heterocycles. The molecule has 5 rings (SSSR count). The van der Waals surface area contributed by atoms with E-state index in [-0.39, 0.29) is 11.9 Å². The summed E-state index contributed by atoms with van der Waals surface area (Å²) in [5, 5.41) is 0. The van der Waals surface area contributed by atoms with Crippen molar-refractivity contribution in [2.45, 2.75) is 51.1 Å². The Balaban J connectivity index is 1.57. The number of rotatable bonds is 6. The summed E-state index contributed by atoms with van der Waals surface area (Å²) in [5.41, 5.74) is 17.0. The number of anilines is 1. The number of carbonyl (C=O) groups excluding carboxylic acids is 1. The number of hydrogen-bond donors (Lipinski definition) is 2. The van der Waals surface area contributed by atoms with Crippen LogP contribution in [-0.4, -0.2) is 23.6 Å². The van der Waals surface area contributed by atoms with E-state index in [1.807, 2.05) is 53.4 Å². The first kappa shape index (κ1) is 23.8. The molecule has 1 fully saturated rings. The second-order valence-electron chi connectivity index (χ2n) is 9.70. The minimum absolute atomic E-state index is 0.0109. The van der Waals surface area contributed by atoms with Crippen molar-refractivity contribution >= 4 is 29.0 Å². The number of nitrogens with two attached hydrogens (primary N) is 2. The number of amides is 1. The second-order valence-corrected chi connectivity index (χ2v) is 9.70. The molecule has 0 unspecified atom stereocenters. The fourth-order valence-corrected chi connectivity index (χ4v) is 5.41. The number of benzene rings is 3. The largest absolute Gasteiger partial charge is 0.370 e. The minimum atomic E-state index is -0.474. The molecule has 6 heteroatoms. The molecule has 2 aliphatic rings. The molecular formula is C30H33N5O. The first-order valence-corrected chi connectivity index (χ1v) is 12.8. The summed E-state index contributed by atoms with van der Waals surface area (Å²) in [6.07, 6.45) is 6.53. The lowest BCUT2D eigenvalue weighted by atomic mass is 9.82. The Morgan fingerprint density at radius 1 is 0.889 bits per heavy atom. The summed E-state index contributed by atoms with van der Waals surface area (Å²) in [4.78, 5) is 25.5. The average Bonchev–Trinajstić information content (AvgIpc) is 3.00. The zero-order valence-electron chi connectivity index (χ0n) is 20.5. The number of carbonyl (C=O) groups is 1. The highest BCUT2D eigenvalue weighted by Gasteiger charge is 2.34. The highest BCUT2D eigenvalue weighted by Crippen LogP contribution is 2.35. The van der Waals surface area contributed by atoms with Gasteiger partial charge in [-0.15, -0.1) is 0 Å². The van der Waals surface area contributed by atoms with Gasteiger partial charge in [-0.05, 0) is 42.2 Å². The van der Waals surface area contributed by atoms with Gasteiger partial charge in [0.1, 0.15) is 6.04 Å². The van der Waals surface area contributed by atoms with Gasteiger partial charge in [-0.3, -0.25) is 9.79 Å². The Morgan fingerprint density at radius 2 is 1.61 bits per heavy atom. The lowest BCUT2D eigenvalue weighted by Gasteiger charge is -2.26. The van der Waals surface area contributed by atoms with Crippen LogP contribution in [0.5, 0.6) is 0 Å². The van der Waals surface area contributed by atoms with Gasteiger partial charge in [-0.2, -0.15) is 0 Å². The van der Waals surface area contributed by atoms with E-state index in [4.69, 9.17) is 16.5 Å². The van der Waals surface area contributed by atoms with Crippen LogP contribution in [0.25, 0.3) is 0 Å². The van der Waals surface area contributed by atoms with Crippen molar-refractivity contribution in [3.63, 3.8) is 0 Å². The van der Waals surface area contributed by atoms with Crippen molar-refractivity contribution in [3.8, 4) is 0 Å². The predicted molar refractivity (Wildman–Crippen MR) is 147 cm³/mol. The standard InChI is InChI=1S/C30H33N5O/c31-30(32)33-24-15-9-12-22(18-24)20-35-27-17-8-7-16-25(27)28(23-13-5-2-6-14-23)34-26(29(35)36)19-21-10-3-1-4-11-21/h1,3-4,7-12,15-18,23,26H,2,5-6,13-14,19-20H2,(H4,31,32,33)/t26-/m0/s1. The fraction of sp³-hybridized carbons (Fsp3) is 0.300. The molecule has 0 radical (unpaired) electrons. The van der Waals surface area contributed by atoms with Crippen LogP contribution in [0.15, 0.2) is 88.8 Å². The summed E-state index contributed by atoms with van der Waals surface area (Å²) >= 11 is 0. The molecule has 1 saturated carbocycles. The smallest absolute Gasteiger partial charge is 0.252 e. The van der Waals surface area contributed by atoms with Gasteiger partial charge in [0.2, 0.25) is 0 Å². The van der Waals surface area contributed by atoms with Crippen LogP contribution in [0.4, 0.5) is 11.4 Å². The quantitative estimate of drug-likeness (QED) is 0.379. The Hall–Kier alpha value is -3.93. The summed E-state index contributed by atoms with van der Waals surface area (Å²) in [5.74, 6) is 0.414. The molecule has 6 nitrogen and oxygen atoms in total. The van der Waals surface area contributed by atoms with Gasteiger partial charge in [0.25, 0.3) is 5.91 Å². The number of hydrogen-bond acceptors (Lipinski definition) is 3. The van der Waals surface area contributed by atoms with E-state index in [9.17, 15) is 4.79 Å². The normalized spacial score (nSPS) is 18.2. The van der Waals surface area contributed by atoms with E-state index in [2.05, 4.69) is 35.3 Å². The van der Waals surface area contributed by atoms with Crippen LogP contribution < -0.4 is 16.4 Å². The Labute approximate surface area is 212 Å². The molecule has 0 spiro atoms. The molecule has 1 atom stereocenters. The summed E-state index contributed by atoms with van der Waals surface area (Å²) < 4.78 is 0. The highest BCUT2D eigenvalue weighted by molar-refractivity contribution is 6.13. The maximum atomic E-state index is 14.2. The topological polar surface area (TPSA) is 97.1 Å². The monoisotopic (exact) mass is 479 g/mol. The highest BCUT2D eigenvalue weighted by atomic mass is 16.2. The van der Waals surface area contributed by atoms with E-state index in [0.29, 0.717) is 24.6 Å². The molecule has 4 N–H and O–H groups in total. The first-order valence-electron chi connectivity index (χ1n) is 12.8. The number of benzodiazepines with no additional fused rings is 1. The number of aliphatic imine (C=N–C) groups is 2. The van der Waals surface area contributed by atoms with Crippen molar-refractivity contribution in [2.24, 2.45) is 27.4 Å². The van der Waals surface area contributed by atoms with Gasteiger partial charge >= 0.3 is 0 Å². The zero-order valence-corrected chi connectivity index (χ0v) is 20.5. The number of fused-ring (bicyclic) bond motifs is 1. The van der Waals surface area contributed by atoms with E-state index in [0.717, 1.165) is 40.9 Å². The van der Waals surface area contributed by atoms with Crippen LogP contribution in [0.3, 0.4) is 0 Å². The molecule has 0 aromatic heterocycles. The first-order chi connectivity index (χ1) is 17.6. The Morgan fingerprint density at radius 3 is 2.39 bits per heavy atom. The third kappa shape index (κ3) is 5.33. The fourth-order valence-electron chi connectivity index (χ4n) is 5.41. The average molecular weight is 480 g/mol. The molecule has 0 bridgehead atoms. The van der Waals surface area contributed by atoms with Crippen LogP contribution in [0.1, 0.15) is 48.8 Å². The van der Waals surface area contributed by atoms with Gasteiger partial charge in [-0.1, -0.05) is 79.9 Å². The van der Waals surface area contributed by atoms with Crippen LogP contribution in [0, 0.1) is 5.92 Å². The predicted octanol–water partition coefficient (Wildman–Crippen LogP) is 5.12. The summed E-state index contributed by atoms with van der Waals surface area (Å²) in [6, 6.07) is 25.6. The van der Waals surface area contributed by atoms with E-state index < -0.39 is 6.04 Å². The van der Waals surface area contributed by atoms with Crippen LogP contribution in [0.2, 0.25) is 0 Å². The third-order valence-electron chi connectivity index (χ3n) is 7.09. The number of nitrogens with zero attached hydrogens (tertiary/aromatic N) is 3. The molecule has 0 saturated heterocycles. The maximum absolute atomic E-state index is 14.2. The molecule has 1 amide bonds. The SMILES string of the molecule is NC(N)=Nc1cccc(CN2C(=O)[C@H](Cc3ccccc3)N=C(C3CCCCC3)c3ccccc32)c1. The molecular weight excluding hydrogens is 446 g/mol. The second kappa shape index (κ2) is 10.8. The molecule has 1 aliphatic carbocycles. The van der Waals surface area contributed by atoms with Crippen molar-refractivity contribution in [3.05, 3.63) is 95.6 Å². The maximum Gasteiger partial charge on any atom is 0.252 e. The lowest BCUT2D eigenvalue weighted by molar-refractivity contribution is -0.119. The minimum Gasteiger partial charge on any atom is -0.370 e. The van der Waals surface area contributed by atoms with Crippen molar-refractivity contribution < 1.29 is 4.79 Å². The molecule has 184 valence electrons. The summed E-state index contributed by atoms with van der Waals surface area (Å²) in [7, 11) is 0. The van der Waals surface area contributed by atoms with Gasteiger partial charge < -0.3 is 16.4 Å². The van der Waals surface area contributed by atoms with Crippen molar-refractivity contribution in [1.29, 1.82) is 0 Å². The van der Waals surface area contributed by atoms with Crippen molar-refractivity contribution in [1.82, 2.24) is 0 Å². The number of guanidine groups is 1. The van der Waals surface area contributed by atoms with E-state index in [1.165, 1.54) is 19.3 Å². The van der Waals surface area contributed by atoms with Gasteiger partial charge in [0, 0.05) is 23.6 Å². The van der Waals surface area contributed by atoms with Crippen LogP contribution in [-0.2, 0) is 17.8 Å². The van der Waals surface area contributed by atoms with Crippen LogP contribution >= 0.6 is 0 Å².